The van der Waals surface area contributed by atoms with Gasteiger partial charge in [-0.05, 0) is 18.5 Å². The van der Waals surface area contributed by atoms with Crippen LogP contribution in [-0.4, -0.2) is 54.3 Å². The van der Waals surface area contributed by atoms with Crippen molar-refractivity contribution in [2.75, 3.05) is 43.2 Å². The van der Waals surface area contributed by atoms with Gasteiger partial charge in [0.25, 0.3) is 0 Å². The first-order valence-corrected chi connectivity index (χ1v) is 6.83. The van der Waals surface area contributed by atoms with Gasteiger partial charge in [-0.3, -0.25) is 0 Å². The van der Waals surface area contributed by atoms with Crippen LogP contribution in [0.15, 0.2) is 0 Å². The van der Waals surface area contributed by atoms with Gasteiger partial charge in [0, 0.05) is 26.2 Å². The lowest BCUT2D eigenvalue weighted by molar-refractivity contribution is 0.122. The number of hydrogen-bond donors (Lipinski definition) is 0. The zero-order valence-electron chi connectivity index (χ0n) is 11.6. The minimum Gasteiger partial charge on any atom is -0.378 e. The van der Waals surface area contributed by atoms with Gasteiger partial charge in [0.2, 0.25) is 17.2 Å². The highest BCUT2D eigenvalue weighted by Crippen LogP contribution is 2.18. The topological polar surface area (TPSA) is 78.2 Å². The summed E-state index contributed by atoms with van der Waals surface area (Å²) in [6.07, 6.45) is 0.396. The van der Waals surface area contributed by atoms with Crippen LogP contribution in [0, 0.1) is 11.3 Å². The molecule has 1 unspecified atom stereocenters. The number of nitrogens with zero attached hydrogens (tertiary/aromatic N) is 6. The van der Waals surface area contributed by atoms with Crippen LogP contribution in [0.5, 0.6) is 0 Å². The number of ether oxygens (including phenoxy) is 1. The molecule has 0 amide bonds. The van der Waals surface area contributed by atoms with Gasteiger partial charge in [0.05, 0.1) is 25.7 Å². The number of morpholine rings is 1. The number of hydrogen-bond acceptors (Lipinski definition) is 7. The van der Waals surface area contributed by atoms with Gasteiger partial charge in [0.15, 0.2) is 0 Å². The van der Waals surface area contributed by atoms with E-state index in [1.807, 2.05) is 23.8 Å². The Bertz CT molecular complexity index is 499. The third-order valence-corrected chi connectivity index (χ3v) is 3.41. The highest BCUT2D eigenvalue weighted by atomic mass is 35.5. The van der Waals surface area contributed by atoms with E-state index in [0.29, 0.717) is 31.5 Å². The fourth-order valence-electron chi connectivity index (χ4n) is 1.86. The summed E-state index contributed by atoms with van der Waals surface area (Å²) >= 11 is 5.98. The maximum atomic E-state index is 8.77. The average molecular weight is 297 g/mol. The summed E-state index contributed by atoms with van der Waals surface area (Å²) < 4.78 is 5.31. The molecule has 0 radical (unpaired) electrons. The second kappa shape index (κ2) is 6.68. The maximum absolute atomic E-state index is 8.77. The molecule has 8 heteroatoms. The van der Waals surface area contributed by atoms with Gasteiger partial charge in [0.1, 0.15) is 0 Å². The summed E-state index contributed by atoms with van der Waals surface area (Å²) in [6, 6.07) is 2.15. The molecule has 0 aromatic carbocycles. The fourth-order valence-corrected chi connectivity index (χ4v) is 2.01. The molecule has 1 fully saturated rings. The van der Waals surface area contributed by atoms with Crippen molar-refractivity contribution in [1.82, 2.24) is 15.0 Å². The summed E-state index contributed by atoms with van der Waals surface area (Å²) in [5.74, 6) is 1.04. The van der Waals surface area contributed by atoms with Crippen LogP contribution in [0.2, 0.25) is 5.28 Å². The minimum atomic E-state index is 0.0102. The summed E-state index contributed by atoms with van der Waals surface area (Å²) in [5.41, 5.74) is 0. The Balaban J connectivity index is 2.21. The monoisotopic (exact) mass is 296 g/mol. The van der Waals surface area contributed by atoms with Crippen molar-refractivity contribution in [2.45, 2.75) is 19.4 Å². The lowest BCUT2D eigenvalue weighted by Crippen LogP contribution is -2.38. The smallest absolute Gasteiger partial charge is 0.231 e. The Morgan fingerprint density at radius 3 is 2.75 bits per heavy atom. The van der Waals surface area contributed by atoms with Gasteiger partial charge in [-0.25, -0.2) is 0 Å². The Hall–Kier alpha value is -1.65. The van der Waals surface area contributed by atoms with Gasteiger partial charge < -0.3 is 14.5 Å². The first kappa shape index (κ1) is 14.8. The van der Waals surface area contributed by atoms with Crippen molar-refractivity contribution >= 4 is 23.5 Å². The molecule has 2 heterocycles. The molecule has 1 aliphatic heterocycles. The predicted octanol–water partition coefficient (Wildman–Crippen LogP) is 1.10. The first-order valence-electron chi connectivity index (χ1n) is 6.46. The molecule has 108 valence electrons. The number of anilines is 2. The number of aromatic nitrogens is 3. The number of nitriles is 1. The van der Waals surface area contributed by atoms with E-state index in [1.165, 1.54) is 0 Å². The van der Waals surface area contributed by atoms with Crippen LogP contribution in [0.25, 0.3) is 0 Å². The van der Waals surface area contributed by atoms with Gasteiger partial charge >= 0.3 is 0 Å². The van der Waals surface area contributed by atoms with Crippen molar-refractivity contribution in [3.05, 3.63) is 5.28 Å². The molecule has 0 bridgehead atoms. The van der Waals surface area contributed by atoms with Crippen molar-refractivity contribution in [3.8, 4) is 6.07 Å². The molecule has 0 spiro atoms. The average Bonchev–Trinajstić information content (AvgIpc) is 2.47. The van der Waals surface area contributed by atoms with E-state index in [2.05, 4.69) is 21.0 Å². The summed E-state index contributed by atoms with van der Waals surface area (Å²) in [5, 5.41) is 8.93. The van der Waals surface area contributed by atoms with Crippen LogP contribution in [0.1, 0.15) is 13.3 Å². The van der Waals surface area contributed by atoms with E-state index in [-0.39, 0.29) is 11.3 Å². The van der Waals surface area contributed by atoms with Gasteiger partial charge in [-0.15, -0.1) is 0 Å². The van der Waals surface area contributed by atoms with E-state index in [1.54, 1.807) is 0 Å². The van der Waals surface area contributed by atoms with Crippen LogP contribution < -0.4 is 9.80 Å². The Labute approximate surface area is 123 Å². The molecule has 0 saturated carbocycles. The van der Waals surface area contributed by atoms with Gasteiger partial charge in [-0.2, -0.15) is 20.2 Å². The second-order valence-electron chi connectivity index (χ2n) is 4.63. The molecule has 1 saturated heterocycles. The van der Waals surface area contributed by atoms with E-state index < -0.39 is 0 Å². The van der Waals surface area contributed by atoms with Crippen molar-refractivity contribution < 1.29 is 4.74 Å². The Kier molecular flexibility index (Phi) is 4.93. The first-order chi connectivity index (χ1) is 9.61. The van der Waals surface area contributed by atoms with E-state index in [4.69, 9.17) is 21.6 Å². The fraction of sp³-hybridized carbons (Fsp3) is 0.667. The Morgan fingerprint density at radius 2 is 2.10 bits per heavy atom. The maximum Gasteiger partial charge on any atom is 0.231 e. The quantitative estimate of drug-likeness (QED) is 0.823. The predicted molar refractivity (Wildman–Crippen MR) is 76.0 cm³/mol. The van der Waals surface area contributed by atoms with Crippen molar-refractivity contribution in [3.63, 3.8) is 0 Å². The molecule has 0 N–H and O–H groups in total. The number of rotatable bonds is 4. The molecule has 1 aromatic rings. The van der Waals surface area contributed by atoms with Gasteiger partial charge in [-0.1, -0.05) is 0 Å². The van der Waals surface area contributed by atoms with Crippen molar-refractivity contribution in [2.24, 2.45) is 0 Å². The number of halogens is 1. The molecule has 20 heavy (non-hydrogen) atoms. The normalized spacial score (nSPS) is 16.6. The molecule has 7 nitrogen and oxygen atoms in total. The third-order valence-electron chi connectivity index (χ3n) is 3.24. The zero-order chi connectivity index (χ0) is 14.5. The summed E-state index contributed by atoms with van der Waals surface area (Å²) in [6.45, 7) is 4.71. The zero-order valence-corrected chi connectivity index (χ0v) is 12.3. The highest BCUT2D eigenvalue weighted by molar-refractivity contribution is 6.28. The lowest BCUT2D eigenvalue weighted by atomic mass is 10.2. The van der Waals surface area contributed by atoms with Crippen LogP contribution in [-0.2, 0) is 4.74 Å². The summed E-state index contributed by atoms with van der Waals surface area (Å²) in [7, 11) is 1.84. The Morgan fingerprint density at radius 1 is 1.40 bits per heavy atom. The summed E-state index contributed by atoms with van der Waals surface area (Å²) in [4.78, 5) is 16.6. The molecule has 0 aliphatic carbocycles. The van der Waals surface area contributed by atoms with E-state index >= 15 is 0 Å². The van der Waals surface area contributed by atoms with E-state index in [9.17, 15) is 0 Å². The van der Waals surface area contributed by atoms with E-state index in [0.717, 1.165) is 13.1 Å². The molecule has 2 rings (SSSR count). The molecule has 1 aliphatic rings. The largest absolute Gasteiger partial charge is 0.378 e. The van der Waals surface area contributed by atoms with Crippen LogP contribution in [0.3, 0.4) is 0 Å². The van der Waals surface area contributed by atoms with Crippen LogP contribution in [0.4, 0.5) is 11.9 Å². The lowest BCUT2D eigenvalue weighted by Gasteiger charge is -2.28. The standard InChI is InChI=1S/C12H17ClN6O/c1-9(3-4-14)18(2)11-15-10(13)16-12(17-11)19-5-7-20-8-6-19/h9H,3,5-8H2,1-2H3. The highest BCUT2D eigenvalue weighted by Gasteiger charge is 2.19. The SMILES string of the molecule is CC(CC#N)N(C)c1nc(Cl)nc(N2CCOCC2)n1. The molecule has 1 atom stereocenters. The second-order valence-corrected chi connectivity index (χ2v) is 4.96. The minimum absolute atomic E-state index is 0.0102. The third kappa shape index (κ3) is 3.46. The molecule has 1 aromatic heterocycles. The van der Waals surface area contributed by atoms with Crippen molar-refractivity contribution in [1.29, 1.82) is 5.26 Å². The molecular formula is C12H17ClN6O. The van der Waals surface area contributed by atoms with Crippen LogP contribution >= 0.6 is 11.6 Å². The molecular weight excluding hydrogens is 280 g/mol.